The largest absolute Gasteiger partial charge is 0.370 e. The zero-order valence-corrected chi connectivity index (χ0v) is 19.3. The van der Waals surface area contributed by atoms with Gasteiger partial charge in [-0.3, -0.25) is 9.59 Å². The highest BCUT2D eigenvalue weighted by molar-refractivity contribution is 6.06. The number of hydrogen-bond acceptors (Lipinski definition) is 3. The number of nitrogens with two attached hydrogens (primary N) is 1. The molecule has 164 valence electrons. The lowest BCUT2D eigenvalue weighted by Crippen LogP contribution is -2.50. The van der Waals surface area contributed by atoms with Crippen LogP contribution in [-0.2, 0) is 9.59 Å². The lowest BCUT2D eigenvalue weighted by Gasteiger charge is -2.55. The zero-order valence-electron chi connectivity index (χ0n) is 19.3. The summed E-state index contributed by atoms with van der Waals surface area (Å²) in [7, 11) is 0. The van der Waals surface area contributed by atoms with E-state index in [1.54, 1.807) is 6.08 Å². The topological polar surface area (TPSA) is 63.4 Å². The van der Waals surface area contributed by atoms with Crippen molar-refractivity contribution in [2.24, 2.45) is 34.3 Å². The van der Waals surface area contributed by atoms with Crippen molar-refractivity contribution in [3.05, 3.63) is 35.6 Å². The van der Waals surface area contributed by atoms with Crippen LogP contribution in [0.4, 0.5) is 0 Å². The first-order valence-electron chi connectivity index (χ1n) is 11.8. The molecular weight excluding hydrogens is 372 g/mol. The van der Waals surface area contributed by atoms with Crippen LogP contribution in [0, 0.1) is 28.6 Å². The lowest BCUT2D eigenvalue weighted by molar-refractivity contribution is -0.120. The van der Waals surface area contributed by atoms with Gasteiger partial charge >= 0.3 is 0 Å². The molecule has 0 aromatic carbocycles. The second-order valence-corrected chi connectivity index (χ2v) is 11.0. The molecule has 0 aliphatic heterocycles. The third-order valence-electron chi connectivity index (χ3n) is 8.81. The summed E-state index contributed by atoms with van der Waals surface area (Å²) in [5.41, 5.74) is 7.78. The first-order chi connectivity index (χ1) is 14.1. The molecule has 4 aliphatic rings. The maximum Gasteiger partial charge on any atom is 0.219 e. The van der Waals surface area contributed by atoms with Crippen molar-refractivity contribution < 1.29 is 9.59 Å². The van der Waals surface area contributed by atoms with Gasteiger partial charge < -0.3 is 10.6 Å². The Balaban J connectivity index is 1.80. The van der Waals surface area contributed by atoms with Gasteiger partial charge in [0.1, 0.15) is 0 Å². The average molecular weight is 411 g/mol. The molecule has 4 aliphatic carbocycles. The van der Waals surface area contributed by atoms with Crippen molar-refractivity contribution >= 4 is 11.7 Å². The first kappa shape index (κ1) is 21.4. The summed E-state index contributed by atoms with van der Waals surface area (Å²) in [6, 6.07) is -0.00236. The first-order valence-corrected chi connectivity index (χ1v) is 11.8. The summed E-state index contributed by atoms with van der Waals surface area (Å²) in [5, 5.41) is 0. The number of nitrogens with zero attached hydrogens (tertiary/aromatic N) is 1. The van der Waals surface area contributed by atoms with Crippen LogP contribution in [0.3, 0.4) is 0 Å². The predicted octanol–water partition coefficient (Wildman–Crippen LogP) is 4.76. The predicted molar refractivity (Wildman–Crippen MR) is 120 cm³/mol. The van der Waals surface area contributed by atoms with E-state index in [2.05, 4.69) is 50.8 Å². The van der Waals surface area contributed by atoms with E-state index in [9.17, 15) is 9.59 Å². The number of hydrogen-bond donors (Lipinski definition) is 1. The van der Waals surface area contributed by atoms with Crippen molar-refractivity contribution in [1.82, 2.24) is 4.90 Å². The quantitative estimate of drug-likeness (QED) is 0.710. The number of allylic oxidation sites excluding steroid dienone is 5. The van der Waals surface area contributed by atoms with Gasteiger partial charge in [-0.1, -0.05) is 38.5 Å². The van der Waals surface area contributed by atoms with Gasteiger partial charge in [-0.15, -0.1) is 0 Å². The third kappa shape index (κ3) is 3.18. The summed E-state index contributed by atoms with van der Waals surface area (Å²) in [5.74, 6) is 1.61. The number of rotatable bonds is 5. The fraction of sp³-hybridized carbons (Fsp3) is 0.692. The van der Waals surface area contributed by atoms with Crippen LogP contribution in [0.15, 0.2) is 35.6 Å². The molecule has 2 saturated carbocycles. The highest BCUT2D eigenvalue weighted by Crippen LogP contribution is 2.63. The van der Waals surface area contributed by atoms with Gasteiger partial charge in [-0.2, -0.15) is 0 Å². The van der Waals surface area contributed by atoms with Gasteiger partial charge in [0, 0.05) is 23.9 Å². The Morgan fingerprint density at radius 1 is 1.17 bits per heavy atom. The van der Waals surface area contributed by atoms with E-state index in [4.69, 9.17) is 5.73 Å². The smallest absolute Gasteiger partial charge is 0.219 e. The highest BCUT2D eigenvalue weighted by atomic mass is 16.1. The Kier molecular flexibility index (Phi) is 5.27. The summed E-state index contributed by atoms with van der Waals surface area (Å²) < 4.78 is 0. The summed E-state index contributed by atoms with van der Waals surface area (Å²) in [4.78, 5) is 27.0. The van der Waals surface area contributed by atoms with Gasteiger partial charge in [0.15, 0.2) is 0 Å². The molecule has 0 radical (unpaired) electrons. The van der Waals surface area contributed by atoms with Crippen molar-refractivity contribution in [3.8, 4) is 0 Å². The molecule has 0 aromatic heterocycles. The second-order valence-electron chi connectivity index (χ2n) is 11.0. The van der Waals surface area contributed by atoms with E-state index < -0.39 is 0 Å². The molecule has 2 fully saturated rings. The molecule has 0 heterocycles. The van der Waals surface area contributed by atoms with Gasteiger partial charge in [0.2, 0.25) is 11.7 Å². The molecule has 0 aromatic rings. The lowest BCUT2D eigenvalue weighted by atomic mass is 9.50. The van der Waals surface area contributed by atoms with Gasteiger partial charge in [0.05, 0.1) is 5.70 Å². The van der Waals surface area contributed by atoms with E-state index in [0.717, 1.165) is 17.2 Å². The molecule has 4 heteroatoms. The number of carbonyl (C=O) groups excluding carboxylic acids is 2. The van der Waals surface area contributed by atoms with Crippen LogP contribution in [0.2, 0.25) is 0 Å². The minimum absolute atomic E-state index is 0.0529. The van der Waals surface area contributed by atoms with E-state index in [1.807, 2.05) is 6.92 Å². The van der Waals surface area contributed by atoms with Crippen LogP contribution in [-0.4, -0.2) is 28.7 Å². The van der Waals surface area contributed by atoms with Crippen LogP contribution in [0.5, 0.6) is 0 Å². The van der Waals surface area contributed by atoms with Crippen LogP contribution in [0.1, 0.15) is 73.1 Å². The Morgan fingerprint density at radius 3 is 2.57 bits per heavy atom. The fourth-order valence-electron chi connectivity index (χ4n) is 7.39. The van der Waals surface area contributed by atoms with Gasteiger partial charge in [0.25, 0.3) is 0 Å². The normalized spacial score (nSPS) is 38.3. The van der Waals surface area contributed by atoms with E-state index in [0.29, 0.717) is 17.3 Å². The molecule has 0 saturated heterocycles. The Morgan fingerprint density at radius 2 is 1.90 bits per heavy atom. The molecule has 2 N–H and O–H groups in total. The molecule has 1 unspecified atom stereocenters. The molecule has 0 spiro atoms. The number of fused-ring (bicyclic) bond motifs is 5. The number of ketones is 1. The Bertz CT molecular complexity index is 838. The summed E-state index contributed by atoms with van der Waals surface area (Å²) >= 11 is 0. The molecule has 4 rings (SSSR count). The third-order valence-corrected chi connectivity index (χ3v) is 8.81. The van der Waals surface area contributed by atoms with Crippen molar-refractivity contribution in [3.63, 3.8) is 0 Å². The van der Waals surface area contributed by atoms with Gasteiger partial charge in [-0.05, 0) is 81.3 Å². The molecule has 6 atom stereocenters. The van der Waals surface area contributed by atoms with Crippen molar-refractivity contribution in [1.29, 1.82) is 0 Å². The standard InChI is InChI=1S/C26H38N2O2/c1-16(2)28(17(3)15-23(27)30)24-21-9-8-18-19-7-6-12-25(19,4)13-10-20(18)26(21,5)14-11-22(24)29/h8-9,11,14,16-20H,6-7,10,12-13,15H2,1-5H3,(H2,27,30)/t17?,18-,19-,20-,25-,26+/m0/s1. The van der Waals surface area contributed by atoms with Crippen LogP contribution < -0.4 is 5.73 Å². The minimum atomic E-state index is -0.327. The monoisotopic (exact) mass is 410 g/mol. The molecule has 4 nitrogen and oxygen atoms in total. The maximum absolute atomic E-state index is 13.2. The summed E-state index contributed by atoms with van der Waals surface area (Å²) in [6.07, 6.45) is 15.5. The molecule has 30 heavy (non-hydrogen) atoms. The summed E-state index contributed by atoms with van der Waals surface area (Å²) in [6.45, 7) is 11.0. The SMILES string of the molecule is CC(C)N(C1=C2C=C[C@H]3[C@@H]4CCC[C@@]4(C)CC[C@@H]3[C@@]2(C)C=CC1=O)C(C)CC(N)=O. The Labute approximate surface area is 181 Å². The van der Waals surface area contributed by atoms with Crippen LogP contribution >= 0.6 is 0 Å². The van der Waals surface area contributed by atoms with Crippen molar-refractivity contribution in [2.45, 2.75) is 85.2 Å². The fourth-order valence-corrected chi connectivity index (χ4v) is 7.39. The highest BCUT2D eigenvalue weighted by Gasteiger charge is 2.55. The number of primary amides is 1. The Hall–Kier alpha value is -1.84. The molecular formula is C26H38N2O2. The van der Waals surface area contributed by atoms with Crippen molar-refractivity contribution in [2.75, 3.05) is 0 Å². The second kappa shape index (κ2) is 7.39. The molecule has 1 amide bonds. The van der Waals surface area contributed by atoms with Gasteiger partial charge in [-0.25, -0.2) is 0 Å². The van der Waals surface area contributed by atoms with E-state index in [-0.39, 0.29) is 35.6 Å². The van der Waals surface area contributed by atoms with E-state index >= 15 is 0 Å². The average Bonchev–Trinajstić information content (AvgIpc) is 3.05. The maximum atomic E-state index is 13.2. The molecule has 0 bridgehead atoms. The minimum Gasteiger partial charge on any atom is -0.370 e. The number of amides is 1. The van der Waals surface area contributed by atoms with Crippen LogP contribution in [0.25, 0.3) is 0 Å². The zero-order chi connectivity index (χ0) is 21.8. The van der Waals surface area contributed by atoms with E-state index in [1.165, 1.54) is 32.1 Å². The number of carbonyl (C=O) groups is 2.